The first-order chi connectivity index (χ1) is 9.11. The topological polar surface area (TPSA) is 58.0 Å². The van der Waals surface area contributed by atoms with Crippen LogP contribution in [0.15, 0.2) is 35.7 Å². The number of aromatic amines is 1. The number of hydrogen-bond donors (Lipinski definition) is 2. The predicted octanol–water partition coefficient (Wildman–Crippen LogP) is 3.17. The van der Waals surface area contributed by atoms with Gasteiger partial charge in [-0.25, -0.2) is 0 Å². The average Bonchev–Trinajstić information content (AvgIpc) is 2.37. The molecule has 0 amide bonds. The van der Waals surface area contributed by atoms with Gasteiger partial charge in [0.05, 0.1) is 5.56 Å². The number of rotatable bonds is 6. The first-order valence-electron chi connectivity index (χ1n) is 6.10. The van der Waals surface area contributed by atoms with Gasteiger partial charge in [-0.2, -0.15) is 0 Å². The zero-order chi connectivity index (χ0) is 14.3. The van der Waals surface area contributed by atoms with Gasteiger partial charge >= 0.3 is 0 Å². The molecule has 0 spiro atoms. The molecule has 0 aliphatic rings. The van der Waals surface area contributed by atoms with E-state index in [2.05, 4.69) is 18.5 Å². The number of allylic oxidation sites excluding steroid dienone is 4. The molecule has 0 aliphatic carbocycles. The number of aromatic nitrogens is 2. The van der Waals surface area contributed by atoms with Gasteiger partial charge in [-0.05, 0) is 31.1 Å². The largest absolute Gasteiger partial charge is 0.494 e. The predicted molar refractivity (Wildman–Crippen MR) is 80.8 cm³/mol. The van der Waals surface area contributed by atoms with Crippen LogP contribution in [0.4, 0.5) is 0 Å². The molecule has 0 aliphatic heterocycles. The van der Waals surface area contributed by atoms with Crippen molar-refractivity contribution in [1.82, 2.24) is 9.55 Å². The molecule has 0 saturated carbocycles. The van der Waals surface area contributed by atoms with E-state index in [4.69, 9.17) is 12.2 Å². The molecule has 4 nitrogen and oxygen atoms in total. The Morgan fingerprint density at radius 1 is 1.42 bits per heavy atom. The molecular weight excluding hydrogens is 260 g/mol. The summed E-state index contributed by atoms with van der Waals surface area (Å²) < 4.78 is 1.61. The van der Waals surface area contributed by atoms with Gasteiger partial charge in [0.2, 0.25) is 5.88 Å². The number of hydrogen-bond acceptors (Lipinski definition) is 3. The molecule has 1 heterocycles. The van der Waals surface area contributed by atoms with E-state index in [-0.39, 0.29) is 16.2 Å². The third-order valence-corrected chi connectivity index (χ3v) is 2.80. The SMILES string of the molecule is C=CCn1c(O)c(C=CCC=CCC)c(=O)[nH]c1=S. The molecule has 1 rings (SSSR count). The van der Waals surface area contributed by atoms with Crippen LogP contribution in [0.25, 0.3) is 6.08 Å². The normalized spacial score (nSPS) is 11.4. The summed E-state index contributed by atoms with van der Waals surface area (Å²) >= 11 is 4.99. The van der Waals surface area contributed by atoms with Crippen LogP contribution in [0, 0.1) is 4.77 Å². The van der Waals surface area contributed by atoms with Gasteiger partial charge in [0, 0.05) is 6.54 Å². The Bertz CT molecular complexity index is 609. The monoisotopic (exact) mass is 278 g/mol. The molecule has 2 N–H and O–H groups in total. The second-order valence-electron chi connectivity index (χ2n) is 3.91. The highest BCUT2D eigenvalue weighted by molar-refractivity contribution is 7.71. The Labute approximate surface area is 117 Å². The molecule has 19 heavy (non-hydrogen) atoms. The van der Waals surface area contributed by atoms with Crippen molar-refractivity contribution in [2.75, 3.05) is 0 Å². The summed E-state index contributed by atoms with van der Waals surface area (Å²) in [7, 11) is 0. The van der Waals surface area contributed by atoms with Crippen LogP contribution < -0.4 is 5.56 Å². The third kappa shape index (κ3) is 4.06. The zero-order valence-electron chi connectivity index (χ0n) is 10.9. The highest BCUT2D eigenvalue weighted by Gasteiger charge is 2.08. The average molecular weight is 278 g/mol. The zero-order valence-corrected chi connectivity index (χ0v) is 11.7. The smallest absolute Gasteiger partial charge is 0.262 e. The minimum atomic E-state index is -0.390. The van der Waals surface area contributed by atoms with E-state index < -0.39 is 5.56 Å². The Kier molecular flexibility index (Phi) is 6.02. The number of nitrogens with one attached hydrogen (secondary N) is 1. The van der Waals surface area contributed by atoms with E-state index in [1.54, 1.807) is 12.2 Å². The van der Waals surface area contributed by atoms with Crippen LogP contribution in [0.5, 0.6) is 5.88 Å². The second kappa shape index (κ2) is 7.53. The van der Waals surface area contributed by atoms with Gasteiger partial charge in [-0.1, -0.05) is 31.2 Å². The summed E-state index contributed by atoms with van der Waals surface area (Å²) in [5.74, 6) is -0.135. The van der Waals surface area contributed by atoms with E-state index in [1.807, 2.05) is 18.2 Å². The van der Waals surface area contributed by atoms with Gasteiger partial charge < -0.3 is 5.11 Å². The van der Waals surface area contributed by atoms with Crippen LogP contribution >= 0.6 is 12.2 Å². The lowest BCUT2D eigenvalue weighted by Gasteiger charge is -2.08. The molecular formula is C14H18N2O2S. The van der Waals surface area contributed by atoms with Gasteiger partial charge in [0.1, 0.15) is 0 Å². The standard InChI is InChI=1S/C14H18N2O2S/c1-3-5-6-7-8-9-11-12(17)15-14(19)16(10-4-2)13(11)18/h4-6,8-9,18H,2-3,7,10H2,1H3,(H,15,17,19). The summed E-state index contributed by atoms with van der Waals surface area (Å²) in [6.07, 6.45) is 10.7. The lowest BCUT2D eigenvalue weighted by molar-refractivity contribution is 0.412. The fraction of sp³-hybridized carbons (Fsp3) is 0.286. The lowest BCUT2D eigenvalue weighted by Crippen LogP contribution is -2.16. The number of H-pyrrole nitrogens is 1. The molecule has 1 aromatic heterocycles. The molecule has 0 saturated heterocycles. The lowest BCUT2D eigenvalue weighted by atomic mass is 10.2. The molecule has 0 aromatic carbocycles. The van der Waals surface area contributed by atoms with E-state index in [0.29, 0.717) is 13.0 Å². The fourth-order valence-corrected chi connectivity index (χ4v) is 1.80. The van der Waals surface area contributed by atoms with Crippen molar-refractivity contribution >= 4 is 18.3 Å². The number of nitrogens with zero attached hydrogens (tertiary/aromatic N) is 1. The van der Waals surface area contributed by atoms with Crippen LogP contribution in [0.1, 0.15) is 25.3 Å². The summed E-state index contributed by atoms with van der Waals surface area (Å²) in [5.41, 5.74) is -0.182. The van der Waals surface area contributed by atoms with E-state index in [1.165, 1.54) is 4.57 Å². The maximum Gasteiger partial charge on any atom is 0.262 e. The van der Waals surface area contributed by atoms with Crippen LogP contribution in [-0.4, -0.2) is 14.7 Å². The highest BCUT2D eigenvalue weighted by Crippen LogP contribution is 2.14. The number of aromatic hydroxyl groups is 1. The Balaban J connectivity index is 3.10. The molecule has 5 heteroatoms. The Hall–Kier alpha value is -1.88. The van der Waals surface area contributed by atoms with Crippen molar-refractivity contribution < 1.29 is 5.11 Å². The van der Waals surface area contributed by atoms with Crippen molar-refractivity contribution in [3.63, 3.8) is 0 Å². The molecule has 1 aromatic rings. The quantitative estimate of drug-likeness (QED) is 0.620. The van der Waals surface area contributed by atoms with Gasteiger partial charge in [0.15, 0.2) is 4.77 Å². The summed E-state index contributed by atoms with van der Waals surface area (Å²) in [4.78, 5) is 14.3. The van der Waals surface area contributed by atoms with Crippen molar-refractivity contribution in [2.45, 2.75) is 26.3 Å². The molecule has 102 valence electrons. The van der Waals surface area contributed by atoms with E-state index >= 15 is 0 Å². The molecule has 0 fully saturated rings. The van der Waals surface area contributed by atoms with E-state index in [9.17, 15) is 9.90 Å². The second-order valence-corrected chi connectivity index (χ2v) is 4.30. The molecule has 0 unspecified atom stereocenters. The Morgan fingerprint density at radius 3 is 2.79 bits per heavy atom. The molecule has 0 atom stereocenters. The van der Waals surface area contributed by atoms with Gasteiger partial charge in [-0.15, -0.1) is 6.58 Å². The van der Waals surface area contributed by atoms with Gasteiger partial charge in [-0.3, -0.25) is 14.3 Å². The summed E-state index contributed by atoms with van der Waals surface area (Å²) in [6, 6.07) is 0. The van der Waals surface area contributed by atoms with E-state index in [0.717, 1.165) is 6.42 Å². The minimum Gasteiger partial charge on any atom is -0.494 e. The van der Waals surface area contributed by atoms with Crippen molar-refractivity contribution in [2.24, 2.45) is 0 Å². The first kappa shape index (κ1) is 15.2. The Morgan fingerprint density at radius 2 is 2.16 bits per heavy atom. The van der Waals surface area contributed by atoms with Crippen LogP contribution in [0.3, 0.4) is 0 Å². The maximum absolute atomic E-state index is 11.7. The first-order valence-corrected chi connectivity index (χ1v) is 6.51. The van der Waals surface area contributed by atoms with Crippen LogP contribution in [0.2, 0.25) is 0 Å². The fourth-order valence-electron chi connectivity index (χ4n) is 1.55. The summed E-state index contributed by atoms with van der Waals surface area (Å²) in [6.45, 7) is 5.99. The highest BCUT2D eigenvalue weighted by atomic mass is 32.1. The summed E-state index contributed by atoms with van der Waals surface area (Å²) in [5, 5.41) is 10.0. The van der Waals surface area contributed by atoms with Crippen LogP contribution in [-0.2, 0) is 6.54 Å². The van der Waals surface area contributed by atoms with Gasteiger partial charge in [0.25, 0.3) is 5.56 Å². The molecule has 0 bridgehead atoms. The van der Waals surface area contributed by atoms with Crippen molar-refractivity contribution in [1.29, 1.82) is 0 Å². The van der Waals surface area contributed by atoms with Crippen molar-refractivity contribution in [3.05, 3.63) is 51.6 Å². The minimum absolute atomic E-state index is 0.135. The molecule has 0 radical (unpaired) electrons. The maximum atomic E-state index is 11.7. The third-order valence-electron chi connectivity index (χ3n) is 2.48. The van der Waals surface area contributed by atoms with Crippen molar-refractivity contribution in [3.8, 4) is 5.88 Å².